The number of ether oxygens (including phenoxy) is 2. The molecule has 1 aromatic carbocycles. The van der Waals surface area contributed by atoms with E-state index >= 15 is 0 Å². The quantitative estimate of drug-likeness (QED) is 0.335. The molecule has 2 saturated heterocycles. The van der Waals surface area contributed by atoms with E-state index in [1.807, 2.05) is 31.2 Å². The first-order chi connectivity index (χ1) is 16.3. The van der Waals surface area contributed by atoms with Crippen molar-refractivity contribution >= 4 is 55.3 Å². The van der Waals surface area contributed by atoms with Gasteiger partial charge in [-0.05, 0) is 46.1 Å². The van der Waals surface area contributed by atoms with Crippen LogP contribution >= 0.6 is 27.5 Å². The Morgan fingerprint density at radius 3 is 2.97 bits per heavy atom. The smallest absolute Gasteiger partial charge is 0.164 e. The summed E-state index contributed by atoms with van der Waals surface area (Å²) in [6, 6.07) is 7.82. The van der Waals surface area contributed by atoms with E-state index < -0.39 is 30.1 Å². The zero-order chi connectivity index (χ0) is 23.8. The second kappa shape index (κ2) is 7.84. The van der Waals surface area contributed by atoms with Crippen molar-refractivity contribution in [3.63, 3.8) is 0 Å². The minimum absolute atomic E-state index is 0.0420. The molecule has 4 N–H and O–H groups in total. The number of fused-ring (bicyclic) bond motifs is 3. The number of rotatable bonds is 3. The highest BCUT2D eigenvalue weighted by Crippen LogP contribution is 2.45. The summed E-state index contributed by atoms with van der Waals surface area (Å²) in [6.45, 7) is 1.84. The second-order valence-electron chi connectivity index (χ2n) is 8.90. The molecule has 0 aliphatic carbocycles. The molecular weight excluding hydrogens is 526 g/mol. The van der Waals surface area contributed by atoms with E-state index in [-0.39, 0.29) is 6.61 Å². The molecule has 34 heavy (non-hydrogen) atoms. The van der Waals surface area contributed by atoms with Crippen LogP contribution in [-0.2, 0) is 15.9 Å². The third-order valence-electron chi connectivity index (χ3n) is 6.75. The van der Waals surface area contributed by atoms with Gasteiger partial charge in [-0.15, -0.1) is 0 Å². The zero-order valence-electron chi connectivity index (χ0n) is 18.0. The number of halogens is 2. The van der Waals surface area contributed by atoms with Crippen molar-refractivity contribution in [1.82, 2.24) is 19.5 Å². The molecule has 0 radical (unpaired) electrons. The van der Waals surface area contributed by atoms with Gasteiger partial charge in [0.15, 0.2) is 6.23 Å². The predicted molar refractivity (Wildman–Crippen MR) is 129 cm³/mol. The van der Waals surface area contributed by atoms with Crippen LogP contribution in [0.2, 0.25) is 5.15 Å². The molecule has 2 aliphatic heterocycles. The van der Waals surface area contributed by atoms with Crippen molar-refractivity contribution in [3.05, 3.63) is 57.5 Å². The summed E-state index contributed by atoms with van der Waals surface area (Å²) >= 11 is 9.66. The van der Waals surface area contributed by atoms with Gasteiger partial charge in [-0.2, -0.15) is 0 Å². The number of hydrogen-bond donors (Lipinski definition) is 3. The molecule has 2 aliphatic rings. The van der Waals surface area contributed by atoms with Gasteiger partial charge in [-0.3, -0.25) is 0 Å². The molecule has 9 nitrogen and oxygen atoms in total. The number of hydrogen-bond acceptors (Lipinski definition) is 8. The van der Waals surface area contributed by atoms with Crippen LogP contribution in [-0.4, -0.2) is 60.3 Å². The monoisotopic (exact) mass is 545 g/mol. The lowest BCUT2D eigenvalue weighted by atomic mass is 9.90. The predicted octanol–water partition coefficient (Wildman–Crippen LogP) is 2.92. The summed E-state index contributed by atoms with van der Waals surface area (Å²) in [6.07, 6.45) is 0.372. The molecule has 2 fully saturated rings. The third-order valence-corrected chi connectivity index (χ3v) is 7.68. The number of nitrogens with two attached hydrogens (primary N) is 1. The largest absolute Gasteiger partial charge is 0.385 e. The van der Waals surface area contributed by atoms with Crippen molar-refractivity contribution in [2.24, 2.45) is 0 Å². The Hall–Kier alpha value is -2.34. The topological polar surface area (TPSA) is 129 Å². The van der Waals surface area contributed by atoms with Crippen molar-refractivity contribution in [3.8, 4) is 0 Å². The SMILES string of the molecule is Cc1cn([C@@H]2O[C@@H]3[C@H](Cc4ccc5cc(Br)c(N)nc5c4)OC[C@]3(O)[C@H]2O)c2ncnc(Cl)c12. The third kappa shape index (κ3) is 3.24. The summed E-state index contributed by atoms with van der Waals surface area (Å²) in [4.78, 5) is 12.8. The molecule has 3 aromatic heterocycles. The lowest BCUT2D eigenvalue weighted by molar-refractivity contribution is -0.0891. The molecule has 5 heterocycles. The van der Waals surface area contributed by atoms with Gasteiger partial charge >= 0.3 is 0 Å². The standard InChI is InChI=1S/C23H21BrClN5O4/c1-10-7-30(21-16(10)19(25)27-9-28-21)22-17(31)23(32)8-33-15(18(23)34-22)5-11-2-3-12-6-13(24)20(26)29-14(12)4-11/h2-4,6-7,9,15,17-18,22,31-32H,5,8H2,1H3,(H2,26,29)/t15-,17-,18+,22+,23-/m0/s1. The minimum atomic E-state index is -1.55. The average Bonchev–Trinajstić information content (AvgIpc) is 3.39. The average molecular weight is 547 g/mol. The van der Waals surface area contributed by atoms with Gasteiger partial charge in [-0.25, -0.2) is 15.0 Å². The summed E-state index contributed by atoms with van der Waals surface area (Å²) in [5.74, 6) is 0.416. The van der Waals surface area contributed by atoms with Crippen molar-refractivity contribution in [2.75, 3.05) is 12.3 Å². The molecule has 176 valence electrons. The molecule has 0 amide bonds. The number of aryl methyl sites for hydroxylation is 1. The Kier molecular flexibility index (Phi) is 5.11. The van der Waals surface area contributed by atoms with Gasteiger partial charge in [0.1, 0.15) is 40.8 Å². The zero-order valence-corrected chi connectivity index (χ0v) is 20.4. The molecule has 0 unspecified atom stereocenters. The first kappa shape index (κ1) is 22.1. The Bertz CT molecular complexity index is 1450. The van der Waals surface area contributed by atoms with E-state index in [2.05, 4.69) is 30.9 Å². The molecule has 5 atom stereocenters. The maximum absolute atomic E-state index is 11.3. The Balaban J connectivity index is 1.31. The van der Waals surface area contributed by atoms with Crippen LogP contribution in [0.25, 0.3) is 21.9 Å². The van der Waals surface area contributed by atoms with E-state index in [9.17, 15) is 10.2 Å². The van der Waals surface area contributed by atoms with Gasteiger partial charge in [0.05, 0.1) is 28.1 Å². The maximum Gasteiger partial charge on any atom is 0.164 e. The van der Waals surface area contributed by atoms with E-state index in [1.165, 1.54) is 6.33 Å². The lowest BCUT2D eigenvalue weighted by Gasteiger charge is -2.24. The van der Waals surface area contributed by atoms with Gasteiger partial charge in [0.25, 0.3) is 0 Å². The Labute approximate surface area is 207 Å². The van der Waals surface area contributed by atoms with Crippen molar-refractivity contribution in [2.45, 2.75) is 43.5 Å². The van der Waals surface area contributed by atoms with Crippen LogP contribution in [0.5, 0.6) is 0 Å². The molecule has 0 bridgehead atoms. The van der Waals surface area contributed by atoms with Crippen LogP contribution in [0.4, 0.5) is 5.82 Å². The number of pyridine rings is 1. The van der Waals surface area contributed by atoms with Crippen molar-refractivity contribution < 1.29 is 19.7 Å². The molecule has 0 saturated carbocycles. The van der Waals surface area contributed by atoms with Crippen LogP contribution in [0.1, 0.15) is 17.4 Å². The van der Waals surface area contributed by atoms with Crippen LogP contribution in [0, 0.1) is 6.92 Å². The fourth-order valence-electron chi connectivity index (χ4n) is 5.03. The minimum Gasteiger partial charge on any atom is -0.385 e. The first-order valence-electron chi connectivity index (χ1n) is 10.8. The number of benzene rings is 1. The molecule has 6 rings (SSSR count). The number of nitrogens with zero attached hydrogens (tertiary/aromatic N) is 4. The van der Waals surface area contributed by atoms with Crippen molar-refractivity contribution in [1.29, 1.82) is 0 Å². The summed E-state index contributed by atoms with van der Waals surface area (Å²) in [5.41, 5.74) is 7.49. The van der Waals surface area contributed by atoms with E-state index in [0.29, 0.717) is 28.4 Å². The fourth-order valence-corrected chi connectivity index (χ4v) is 5.64. The van der Waals surface area contributed by atoms with Crippen LogP contribution in [0.15, 0.2) is 41.3 Å². The van der Waals surface area contributed by atoms with Gasteiger partial charge in [-0.1, -0.05) is 23.7 Å². The Morgan fingerprint density at radius 2 is 2.15 bits per heavy atom. The maximum atomic E-state index is 11.3. The summed E-state index contributed by atoms with van der Waals surface area (Å²) < 4.78 is 14.6. The van der Waals surface area contributed by atoms with Crippen LogP contribution in [0.3, 0.4) is 0 Å². The van der Waals surface area contributed by atoms with Crippen LogP contribution < -0.4 is 5.73 Å². The molecular formula is C23H21BrClN5O4. The summed E-state index contributed by atoms with van der Waals surface area (Å²) in [7, 11) is 0. The number of aliphatic hydroxyl groups is 2. The highest BCUT2D eigenvalue weighted by atomic mass is 79.9. The number of nitrogen functional groups attached to an aromatic ring is 1. The normalized spacial score (nSPS) is 28.7. The van der Waals surface area contributed by atoms with Gasteiger partial charge in [0, 0.05) is 18.0 Å². The number of aromatic nitrogens is 4. The number of aliphatic hydroxyl groups excluding tert-OH is 1. The second-order valence-corrected chi connectivity index (χ2v) is 10.1. The highest BCUT2D eigenvalue weighted by molar-refractivity contribution is 9.10. The summed E-state index contributed by atoms with van der Waals surface area (Å²) in [5, 5.41) is 24.4. The lowest BCUT2D eigenvalue weighted by Crippen LogP contribution is -2.48. The van der Waals surface area contributed by atoms with Gasteiger partial charge < -0.3 is 30.0 Å². The first-order valence-corrected chi connectivity index (χ1v) is 11.9. The molecule has 4 aromatic rings. The fraction of sp³-hybridized carbons (Fsp3) is 0.348. The van der Waals surface area contributed by atoms with E-state index in [1.54, 1.807) is 10.8 Å². The number of anilines is 1. The van der Waals surface area contributed by atoms with Gasteiger partial charge in [0.2, 0.25) is 0 Å². The molecule has 0 spiro atoms. The Morgan fingerprint density at radius 1 is 1.32 bits per heavy atom. The highest BCUT2D eigenvalue weighted by Gasteiger charge is 2.63. The molecule has 11 heteroatoms. The van der Waals surface area contributed by atoms with E-state index in [0.717, 1.165) is 26.5 Å². The van der Waals surface area contributed by atoms with E-state index in [4.69, 9.17) is 26.8 Å².